The fourth-order valence-electron chi connectivity index (χ4n) is 2.67. The molecule has 2 nitrogen and oxygen atoms in total. The lowest BCUT2D eigenvalue weighted by molar-refractivity contribution is -0.104. The van der Waals surface area contributed by atoms with Gasteiger partial charge in [-0.25, -0.2) is 0 Å². The molecule has 0 aliphatic heterocycles. The number of nitrogens with one attached hydrogen (secondary N) is 1. The van der Waals surface area contributed by atoms with Crippen molar-refractivity contribution >= 4 is 0 Å². The Morgan fingerprint density at radius 2 is 1.83 bits per heavy atom. The quantitative estimate of drug-likeness (QED) is 0.690. The van der Waals surface area contributed by atoms with Crippen LogP contribution in [0.3, 0.4) is 0 Å². The van der Waals surface area contributed by atoms with Crippen LogP contribution in [-0.4, -0.2) is 24.8 Å². The van der Waals surface area contributed by atoms with Crippen LogP contribution in [0.1, 0.15) is 73.1 Å². The molecule has 2 heteroatoms. The molecule has 1 saturated carbocycles. The molecule has 18 heavy (non-hydrogen) atoms. The highest BCUT2D eigenvalue weighted by atomic mass is 16.5. The largest absolute Gasteiger partial charge is 0.371 e. The van der Waals surface area contributed by atoms with Crippen molar-refractivity contribution in [2.24, 2.45) is 5.41 Å². The van der Waals surface area contributed by atoms with Gasteiger partial charge in [0.15, 0.2) is 0 Å². The molecular formula is C16H33NO. The van der Waals surface area contributed by atoms with Crippen LogP contribution in [0.5, 0.6) is 0 Å². The second-order valence-electron chi connectivity index (χ2n) is 6.96. The van der Waals surface area contributed by atoms with Crippen molar-refractivity contribution in [2.75, 3.05) is 13.1 Å². The second kappa shape index (κ2) is 6.91. The topological polar surface area (TPSA) is 21.3 Å². The van der Waals surface area contributed by atoms with Gasteiger partial charge in [0.05, 0.1) is 11.7 Å². The second-order valence-corrected chi connectivity index (χ2v) is 6.96. The van der Waals surface area contributed by atoms with Crippen molar-refractivity contribution in [1.82, 2.24) is 5.32 Å². The Labute approximate surface area is 114 Å². The molecule has 108 valence electrons. The summed E-state index contributed by atoms with van der Waals surface area (Å²) in [5, 5.41) is 3.51. The molecule has 0 aromatic heterocycles. The molecule has 1 rings (SSSR count). The third kappa shape index (κ3) is 5.27. The Hall–Kier alpha value is -0.0800. The van der Waals surface area contributed by atoms with E-state index in [1.165, 1.54) is 32.1 Å². The first-order chi connectivity index (χ1) is 8.41. The summed E-state index contributed by atoms with van der Waals surface area (Å²) in [7, 11) is 0. The number of rotatable bonds is 7. The molecule has 1 unspecified atom stereocenters. The van der Waals surface area contributed by atoms with Crippen LogP contribution in [0.25, 0.3) is 0 Å². The van der Waals surface area contributed by atoms with E-state index in [2.05, 4.69) is 39.9 Å². The molecule has 0 aromatic rings. The summed E-state index contributed by atoms with van der Waals surface area (Å²) in [6, 6.07) is 0. The fraction of sp³-hybridized carbons (Fsp3) is 1.00. The van der Waals surface area contributed by atoms with Gasteiger partial charge in [0.2, 0.25) is 0 Å². The zero-order chi connectivity index (χ0) is 13.6. The van der Waals surface area contributed by atoms with E-state index in [-0.39, 0.29) is 5.60 Å². The number of hydrogen-bond donors (Lipinski definition) is 1. The van der Waals surface area contributed by atoms with Crippen LogP contribution in [0.2, 0.25) is 0 Å². The van der Waals surface area contributed by atoms with Crippen molar-refractivity contribution in [3.63, 3.8) is 0 Å². The van der Waals surface area contributed by atoms with Crippen LogP contribution in [-0.2, 0) is 4.74 Å². The molecule has 0 heterocycles. The normalized spacial score (nSPS) is 23.8. The molecule has 1 aliphatic carbocycles. The van der Waals surface area contributed by atoms with Gasteiger partial charge in [-0.15, -0.1) is 0 Å². The van der Waals surface area contributed by atoms with Crippen molar-refractivity contribution in [1.29, 1.82) is 0 Å². The SMILES string of the molecule is CCCNCC(C)(CC)OC1CCC(C)(C)CC1. The predicted molar refractivity (Wildman–Crippen MR) is 79.0 cm³/mol. The Morgan fingerprint density at radius 3 is 2.33 bits per heavy atom. The maximum Gasteiger partial charge on any atom is 0.0779 e. The van der Waals surface area contributed by atoms with E-state index in [0.717, 1.165) is 19.5 Å². The van der Waals surface area contributed by atoms with Gasteiger partial charge in [-0.05, 0) is 57.4 Å². The van der Waals surface area contributed by atoms with Crippen LogP contribution >= 0.6 is 0 Å². The lowest BCUT2D eigenvalue weighted by atomic mass is 9.76. The van der Waals surface area contributed by atoms with Gasteiger partial charge >= 0.3 is 0 Å². The number of hydrogen-bond acceptors (Lipinski definition) is 2. The van der Waals surface area contributed by atoms with Crippen LogP contribution in [0, 0.1) is 5.41 Å². The van der Waals surface area contributed by atoms with Gasteiger partial charge in [-0.2, -0.15) is 0 Å². The average Bonchev–Trinajstić information content (AvgIpc) is 2.32. The molecule has 0 bridgehead atoms. The smallest absolute Gasteiger partial charge is 0.0779 e. The third-order valence-electron chi connectivity index (χ3n) is 4.41. The van der Waals surface area contributed by atoms with Crippen molar-refractivity contribution in [2.45, 2.75) is 84.8 Å². The minimum absolute atomic E-state index is 0.0152. The molecule has 1 atom stereocenters. The Balaban J connectivity index is 2.38. The van der Waals surface area contributed by atoms with E-state index in [4.69, 9.17) is 4.74 Å². The molecule has 1 aliphatic rings. The van der Waals surface area contributed by atoms with E-state index < -0.39 is 0 Å². The van der Waals surface area contributed by atoms with Crippen LogP contribution in [0.4, 0.5) is 0 Å². The summed E-state index contributed by atoms with van der Waals surface area (Å²) in [5.41, 5.74) is 0.546. The molecule has 0 amide bonds. The first-order valence-electron chi connectivity index (χ1n) is 7.79. The lowest BCUT2D eigenvalue weighted by Gasteiger charge is -2.39. The fourth-order valence-corrected chi connectivity index (χ4v) is 2.67. The molecule has 0 spiro atoms. The van der Waals surface area contributed by atoms with Crippen LogP contribution < -0.4 is 5.32 Å². The number of ether oxygens (including phenoxy) is 1. The standard InChI is InChI=1S/C16H33NO/c1-6-12-17-13-16(5,7-2)18-14-8-10-15(3,4)11-9-14/h14,17H,6-13H2,1-5H3. The van der Waals surface area contributed by atoms with Crippen LogP contribution in [0.15, 0.2) is 0 Å². The Bertz CT molecular complexity index is 229. The van der Waals surface area contributed by atoms with Gasteiger partial charge in [0.1, 0.15) is 0 Å². The predicted octanol–water partition coefficient (Wildman–Crippen LogP) is 4.14. The summed E-state index contributed by atoms with van der Waals surface area (Å²) in [4.78, 5) is 0. The van der Waals surface area contributed by atoms with E-state index in [1.54, 1.807) is 0 Å². The molecule has 1 N–H and O–H groups in total. The molecule has 0 saturated heterocycles. The minimum atomic E-state index is 0.0152. The molecule has 0 radical (unpaired) electrons. The van der Waals surface area contributed by atoms with Gasteiger partial charge in [-0.3, -0.25) is 0 Å². The maximum atomic E-state index is 6.41. The van der Waals surface area contributed by atoms with E-state index in [1.807, 2.05) is 0 Å². The molecule has 1 fully saturated rings. The Morgan fingerprint density at radius 1 is 1.22 bits per heavy atom. The zero-order valence-corrected chi connectivity index (χ0v) is 13.1. The summed E-state index contributed by atoms with van der Waals surface area (Å²) in [5.74, 6) is 0. The highest BCUT2D eigenvalue weighted by molar-refractivity contribution is 4.83. The van der Waals surface area contributed by atoms with E-state index >= 15 is 0 Å². The highest BCUT2D eigenvalue weighted by Gasteiger charge is 2.32. The van der Waals surface area contributed by atoms with Crippen molar-refractivity contribution in [3.05, 3.63) is 0 Å². The van der Waals surface area contributed by atoms with E-state index in [9.17, 15) is 0 Å². The highest BCUT2D eigenvalue weighted by Crippen LogP contribution is 2.37. The van der Waals surface area contributed by atoms with Crippen molar-refractivity contribution in [3.8, 4) is 0 Å². The summed E-state index contributed by atoms with van der Waals surface area (Å²) >= 11 is 0. The Kier molecular flexibility index (Phi) is 6.13. The summed E-state index contributed by atoms with van der Waals surface area (Å²) in [6.07, 6.45) is 7.83. The summed E-state index contributed by atoms with van der Waals surface area (Å²) in [6.45, 7) is 13.5. The lowest BCUT2D eigenvalue weighted by Crippen LogP contribution is -2.44. The minimum Gasteiger partial charge on any atom is -0.371 e. The van der Waals surface area contributed by atoms with Gasteiger partial charge in [0, 0.05) is 6.54 Å². The molecule has 0 aromatic carbocycles. The third-order valence-corrected chi connectivity index (χ3v) is 4.41. The van der Waals surface area contributed by atoms with Gasteiger partial charge in [-0.1, -0.05) is 27.7 Å². The van der Waals surface area contributed by atoms with Gasteiger partial charge in [0.25, 0.3) is 0 Å². The summed E-state index contributed by atoms with van der Waals surface area (Å²) < 4.78 is 6.41. The van der Waals surface area contributed by atoms with E-state index in [0.29, 0.717) is 11.5 Å². The first-order valence-corrected chi connectivity index (χ1v) is 7.79. The maximum absolute atomic E-state index is 6.41. The zero-order valence-electron chi connectivity index (χ0n) is 13.1. The average molecular weight is 255 g/mol. The monoisotopic (exact) mass is 255 g/mol. The van der Waals surface area contributed by atoms with Gasteiger partial charge < -0.3 is 10.1 Å². The first kappa shape index (κ1) is 16.0. The van der Waals surface area contributed by atoms with Crippen molar-refractivity contribution < 1.29 is 4.74 Å². The molecular weight excluding hydrogens is 222 g/mol.